The summed E-state index contributed by atoms with van der Waals surface area (Å²) in [7, 11) is 3.87. The first-order chi connectivity index (χ1) is 8.95. The number of methoxy groups -OCH3 is 1. The lowest BCUT2D eigenvalue weighted by molar-refractivity contribution is 0.415. The molecule has 0 saturated heterocycles. The van der Waals surface area contributed by atoms with Crippen molar-refractivity contribution in [1.29, 1.82) is 0 Å². The van der Waals surface area contributed by atoms with Crippen molar-refractivity contribution in [3.05, 3.63) is 29.0 Å². The van der Waals surface area contributed by atoms with Gasteiger partial charge in [0.05, 0.1) is 12.6 Å². The van der Waals surface area contributed by atoms with Gasteiger partial charge in [-0.2, -0.15) is 0 Å². The third kappa shape index (κ3) is 2.47. The molecule has 0 fully saturated rings. The van der Waals surface area contributed by atoms with Gasteiger partial charge in [0.1, 0.15) is 5.75 Å². The molecule has 1 N–H and O–H groups in total. The standard InChI is InChI=1S/C16H24N2O/c1-10(2)17-9-15-12(4)14-8-13(19-6)7-11(3)16(14)18(15)5/h7-8,10,17H,9H2,1-6H3. The summed E-state index contributed by atoms with van der Waals surface area (Å²) in [4.78, 5) is 0. The number of aromatic nitrogens is 1. The molecule has 1 heterocycles. The summed E-state index contributed by atoms with van der Waals surface area (Å²) < 4.78 is 7.68. The van der Waals surface area contributed by atoms with Crippen LogP contribution >= 0.6 is 0 Å². The van der Waals surface area contributed by atoms with Gasteiger partial charge in [-0.3, -0.25) is 0 Å². The van der Waals surface area contributed by atoms with Crippen LogP contribution in [-0.4, -0.2) is 17.7 Å². The highest BCUT2D eigenvalue weighted by Crippen LogP contribution is 2.31. The van der Waals surface area contributed by atoms with Crippen molar-refractivity contribution in [3.8, 4) is 5.75 Å². The molecule has 1 aromatic heterocycles. The fourth-order valence-electron chi connectivity index (χ4n) is 2.69. The lowest BCUT2D eigenvalue weighted by atomic mass is 10.1. The molecule has 104 valence electrons. The summed E-state index contributed by atoms with van der Waals surface area (Å²) in [6.45, 7) is 9.58. The second kappa shape index (κ2) is 5.25. The molecule has 2 aromatic rings. The Morgan fingerprint density at radius 3 is 2.53 bits per heavy atom. The summed E-state index contributed by atoms with van der Waals surface area (Å²) in [5.41, 5.74) is 5.25. The van der Waals surface area contributed by atoms with Gasteiger partial charge in [-0.25, -0.2) is 0 Å². The average molecular weight is 260 g/mol. The van der Waals surface area contributed by atoms with Crippen LogP contribution in [0.25, 0.3) is 10.9 Å². The fourth-order valence-corrected chi connectivity index (χ4v) is 2.69. The van der Waals surface area contributed by atoms with Crippen LogP contribution in [0.3, 0.4) is 0 Å². The van der Waals surface area contributed by atoms with Crippen molar-refractivity contribution in [2.24, 2.45) is 7.05 Å². The van der Waals surface area contributed by atoms with E-state index >= 15 is 0 Å². The Balaban J connectivity index is 2.58. The minimum Gasteiger partial charge on any atom is -0.497 e. The molecule has 0 aliphatic heterocycles. The minimum absolute atomic E-state index is 0.494. The van der Waals surface area contributed by atoms with Crippen LogP contribution in [0, 0.1) is 13.8 Å². The predicted octanol–water partition coefficient (Wildman–Crippen LogP) is 3.30. The Morgan fingerprint density at radius 1 is 1.26 bits per heavy atom. The predicted molar refractivity (Wildman–Crippen MR) is 80.9 cm³/mol. The van der Waals surface area contributed by atoms with Gasteiger partial charge in [-0.05, 0) is 37.1 Å². The van der Waals surface area contributed by atoms with Crippen molar-refractivity contribution in [3.63, 3.8) is 0 Å². The summed E-state index contributed by atoms with van der Waals surface area (Å²) in [6.07, 6.45) is 0. The molecule has 0 radical (unpaired) electrons. The quantitative estimate of drug-likeness (QED) is 0.913. The minimum atomic E-state index is 0.494. The second-order valence-corrected chi connectivity index (χ2v) is 5.51. The Bertz CT molecular complexity index is 597. The molecule has 0 spiro atoms. The summed E-state index contributed by atoms with van der Waals surface area (Å²) in [6, 6.07) is 4.73. The van der Waals surface area contributed by atoms with E-state index < -0.39 is 0 Å². The molecule has 2 rings (SSSR count). The zero-order valence-corrected chi connectivity index (χ0v) is 12.8. The van der Waals surface area contributed by atoms with E-state index in [2.05, 4.69) is 56.8 Å². The van der Waals surface area contributed by atoms with Crippen LogP contribution in [0.4, 0.5) is 0 Å². The third-order valence-electron chi connectivity index (χ3n) is 3.76. The van der Waals surface area contributed by atoms with E-state index in [9.17, 15) is 0 Å². The number of nitrogens with zero attached hydrogens (tertiary/aromatic N) is 1. The fraction of sp³-hybridized carbons (Fsp3) is 0.500. The van der Waals surface area contributed by atoms with Crippen LogP contribution in [-0.2, 0) is 13.6 Å². The lowest BCUT2D eigenvalue weighted by Gasteiger charge is -2.11. The van der Waals surface area contributed by atoms with Gasteiger partial charge in [0, 0.05) is 30.7 Å². The highest BCUT2D eigenvalue weighted by Gasteiger charge is 2.14. The van der Waals surface area contributed by atoms with Crippen LogP contribution in [0.15, 0.2) is 12.1 Å². The smallest absolute Gasteiger partial charge is 0.119 e. The largest absolute Gasteiger partial charge is 0.497 e. The van der Waals surface area contributed by atoms with Gasteiger partial charge < -0.3 is 14.6 Å². The van der Waals surface area contributed by atoms with Crippen molar-refractivity contribution in [2.45, 2.75) is 40.3 Å². The highest BCUT2D eigenvalue weighted by atomic mass is 16.5. The zero-order chi connectivity index (χ0) is 14.2. The van der Waals surface area contributed by atoms with Gasteiger partial charge in [-0.1, -0.05) is 13.8 Å². The second-order valence-electron chi connectivity index (χ2n) is 5.51. The van der Waals surface area contributed by atoms with Crippen LogP contribution in [0.5, 0.6) is 5.75 Å². The van der Waals surface area contributed by atoms with Crippen molar-refractivity contribution < 1.29 is 4.74 Å². The Labute approximate surface area is 115 Å². The first-order valence-electron chi connectivity index (χ1n) is 6.81. The Morgan fingerprint density at radius 2 is 1.95 bits per heavy atom. The number of hydrogen-bond donors (Lipinski definition) is 1. The van der Waals surface area contributed by atoms with E-state index in [4.69, 9.17) is 4.74 Å². The molecule has 0 atom stereocenters. The van der Waals surface area contributed by atoms with Crippen LogP contribution in [0.1, 0.15) is 30.7 Å². The highest BCUT2D eigenvalue weighted by molar-refractivity contribution is 5.89. The van der Waals surface area contributed by atoms with Crippen molar-refractivity contribution in [2.75, 3.05) is 7.11 Å². The average Bonchev–Trinajstić information content (AvgIpc) is 2.59. The van der Waals surface area contributed by atoms with Gasteiger partial charge in [0.25, 0.3) is 0 Å². The maximum absolute atomic E-state index is 5.38. The maximum Gasteiger partial charge on any atom is 0.119 e. The number of ether oxygens (including phenoxy) is 1. The van der Waals surface area contributed by atoms with E-state index in [0.717, 1.165) is 12.3 Å². The molecule has 3 heteroatoms. The molecular formula is C16H24N2O. The Kier molecular flexibility index (Phi) is 3.85. The van der Waals surface area contributed by atoms with Gasteiger partial charge in [-0.15, -0.1) is 0 Å². The molecule has 0 saturated carbocycles. The van der Waals surface area contributed by atoms with E-state index in [0.29, 0.717) is 6.04 Å². The molecule has 0 unspecified atom stereocenters. The van der Waals surface area contributed by atoms with E-state index in [1.807, 2.05) is 0 Å². The molecule has 0 aliphatic rings. The summed E-state index contributed by atoms with van der Waals surface area (Å²) in [5, 5.41) is 4.79. The molecule has 3 nitrogen and oxygen atoms in total. The number of hydrogen-bond acceptors (Lipinski definition) is 2. The van der Waals surface area contributed by atoms with Crippen LogP contribution < -0.4 is 10.1 Å². The topological polar surface area (TPSA) is 26.2 Å². The maximum atomic E-state index is 5.38. The van der Waals surface area contributed by atoms with Gasteiger partial charge >= 0.3 is 0 Å². The van der Waals surface area contributed by atoms with Crippen molar-refractivity contribution in [1.82, 2.24) is 9.88 Å². The van der Waals surface area contributed by atoms with E-state index in [-0.39, 0.29) is 0 Å². The summed E-state index contributed by atoms with van der Waals surface area (Å²) >= 11 is 0. The number of fused-ring (bicyclic) bond motifs is 1. The molecular weight excluding hydrogens is 236 g/mol. The SMILES string of the molecule is COc1cc(C)c2c(c1)c(C)c(CNC(C)C)n2C. The van der Waals surface area contributed by atoms with Gasteiger partial charge in [0.2, 0.25) is 0 Å². The van der Waals surface area contributed by atoms with E-state index in [1.165, 1.54) is 27.7 Å². The normalized spacial score (nSPS) is 11.5. The monoisotopic (exact) mass is 260 g/mol. The van der Waals surface area contributed by atoms with Crippen LogP contribution in [0.2, 0.25) is 0 Å². The molecule has 0 amide bonds. The molecule has 0 bridgehead atoms. The number of nitrogens with one attached hydrogen (secondary N) is 1. The molecule has 0 aliphatic carbocycles. The third-order valence-corrected chi connectivity index (χ3v) is 3.76. The molecule has 19 heavy (non-hydrogen) atoms. The van der Waals surface area contributed by atoms with E-state index in [1.54, 1.807) is 7.11 Å². The Hall–Kier alpha value is -1.48. The number of benzene rings is 1. The number of rotatable bonds is 4. The lowest BCUT2D eigenvalue weighted by Crippen LogP contribution is -2.23. The number of aryl methyl sites for hydroxylation is 3. The first-order valence-corrected chi connectivity index (χ1v) is 6.81. The zero-order valence-electron chi connectivity index (χ0n) is 12.8. The molecule has 1 aromatic carbocycles. The van der Waals surface area contributed by atoms with Crippen molar-refractivity contribution >= 4 is 10.9 Å². The first kappa shape index (κ1) is 13.9. The summed E-state index contributed by atoms with van der Waals surface area (Å²) in [5.74, 6) is 0.932. The van der Waals surface area contributed by atoms with Gasteiger partial charge in [0.15, 0.2) is 0 Å².